The third-order valence-electron chi connectivity index (χ3n) is 3.03. The van der Waals surface area contributed by atoms with Crippen LogP contribution in [0.5, 0.6) is 11.5 Å². The van der Waals surface area contributed by atoms with Gasteiger partial charge >= 0.3 is 0 Å². The summed E-state index contributed by atoms with van der Waals surface area (Å²) in [5.74, 6) is 1.10. The van der Waals surface area contributed by atoms with Gasteiger partial charge in [-0.2, -0.15) is 0 Å². The molecular formula is C17H22ClN3O3. The Morgan fingerprint density at radius 2 is 1.92 bits per heavy atom. The molecule has 1 heterocycles. The maximum atomic E-state index is 12.2. The monoisotopic (exact) mass is 351 g/mol. The summed E-state index contributed by atoms with van der Waals surface area (Å²) in [5.41, 5.74) is 7.38. The second-order valence-electron chi connectivity index (χ2n) is 4.83. The molecule has 2 rings (SSSR count). The molecule has 24 heavy (non-hydrogen) atoms. The van der Waals surface area contributed by atoms with Crippen LogP contribution in [0.4, 0.5) is 11.4 Å². The van der Waals surface area contributed by atoms with Crippen LogP contribution in [-0.2, 0) is 11.2 Å². The molecule has 0 fully saturated rings. The number of nitrogen functional groups attached to an aromatic ring is 1. The summed E-state index contributed by atoms with van der Waals surface area (Å²) >= 11 is 0. The van der Waals surface area contributed by atoms with Crippen LogP contribution in [0.1, 0.15) is 19.5 Å². The van der Waals surface area contributed by atoms with Gasteiger partial charge in [0.05, 0.1) is 37.2 Å². The lowest BCUT2D eigenvalue weighted by Gasteiger charge is -2.13. The van der Waals surface area contributed by atoms with Gasteiger partial charge in [0, 0.05) is 11.8 Å². The molecule has 6 nitrogen and oxygen atoms in total. The number of hydrogen-bond acceptors (Lipinski definition) is 5. The van der Waals surface area contributed by atoms with Crippen molar-refractivity contribution < 1.29 is 14.3 Å². The van der Waals surface area contributed by atoms with E-state index in [4.69, 9.17) is 15.2 Å². The molecule has 1 aromatic carbocycles. The molecule has 0 aliphatic rings. The first-order valence-corrected chi connectivity index (χ1v) is 7.52. The van der Waals surface area contributed by atoms with E-state index in [2.05, 4.69) is 10.3 Å². The van der Waals surface area contributed by atoms with Crippen LogP contribution in [0.15, 0.2) is 36.5 Å². The highest BCUT2D eigenvalue weighted by molar-refractivity contribution is 5.93. The molecule has 0 aliphatic heterocycles. The first kappa shape index (κ1) is 19.6. The Bertz CT molecular complexity index is 663. The van der Waals surface area contributed by atoms with Crippen molar-refractivity contribution in [1.29, 1.82) is 0 Å². The molecule has 2 aromatic rings. The summed E-state index contributed by atoms with van der Waals surface area (Å²) in [6.07, 6.45) is 1.69. The quantitative estimate of drug-likeness (QED) is 0.800. The normalized spacial score (nSPS) is 9.75. The number of nitrogens with one attached hydrogen (secondary N) is 1. The summed E-state index contributed by atoms with van der Waals surface area (Å²) in [6, 6.07) is 8.80. The smallest absolute Gasteiger partial charge is 0.230 e. The van der Waals surface area contributed by atoms with E-state index in [1.54, 1.807) is 24.3 Å². The van der Waals surface area contributed by atoms with E-state index in [1.807, 2.05) is 19.9 Å². The number of carbonyl (C=O) groups excluding carboxylic acids is 1. The van der Waals surface area contributed by atoms with Crippen LogP contribution < -0.4 is 20.5 Å². The minimum atomic E-state index is -0.183. The van der Waals surface area contributed by atoms with Crippen LogP contribution in [0.3, 0.4) is 0 Å². The number of aromatic nitrogens is 1. The van der Waals surface area contributed by atoms with Gasteiger partial charge in [-0.25, -0.2) is 0 Å². The van der Waals surface area contributed by atoms with Crippen molar-refractivity contribution in [3.63, 3.8) is 0 Å². The summed E-state index contributed by atoms with van der Waals surface area (Å²) < 4.78 is 11.0. The summed E-state index contributed by atoms with van der Waals surface area (Å²) in [6.45, 7) is 4.86. The van der Waals surface area contributed by atoms with Gasteiger partial charge in [-0.05, 0) is 38.1 Å². The van der Waals surface area contributed by atoms with Gasteiger partial charge in [-0.1, -0.05) is 0 Å². The fourth-order valence-electron chi connectivity index (χ4n) is 2.04. The van der Waals surface area contributed by atoms with E-state index in [0.717, 1.165) is 0 Å². The first-order chi connectivity index (χ1) is 11.1. The van der Waals surface area contributed by atoms with Gasteiger partial charge in [-0.15, -0.1) is 12.4 Å². The number of hydrogen-bond donors (Lipinski definition) is 2. The van der Waals surface area contributed by atoms with Crippen molar-refractivity contribution in [2.24, 2.45) is 0 Å². The number of pyridine rings is 1. The zero-order chi connectivity index (χ0) is 16.7. The zero-order valence-electron chi connectivity index (χ0n) is 13.7. The molecule has 0 bridgehead atoms. The predicted octanol–water partition coefficient (Wildman–Crippen LogP) is 3.06. The maximum absolute atomic E-state index is 12.2. The Balaban J connectivity index is 0.00000288. The number of amides is 1. The van der Waals surface area contributed by atoms with E-state index in [9.17, 15) is 4.79 Å². The highest BCUT2D eigenvalue weighted by Crippen LogP contribution is 2.29. The van der Waals surface area contributed by atoms with Gasteiger partial charge in [0.15, 0.2) is 0 Å². The molecule has 0 aliphatic carbocycles. The van der Waals surface area contributed by atoms with Crippen LogP contribution in [0.2, 0.25) is 0 Å². The number of anilines is 2. The van der Waals surface area contributed by atoms with Crippen LogP contribution in [-0.4, -0.2) is 24.1 Å². The third-order valence-corrected chi connectivity index (χ3v) is 3.03. The second kappa shape index (κ2) is 9.62. The average molecular weight is 352 g/mol. The Hall–Kier alpha value is -2.47. The number of ether oxygens (including phenoxy) is 2. The summed E-state index contributed by atoms with van der Waals surface area (Å²) in [5, 5.41) is 2.84. The Morgan fingerprint density at radius 1 is 1.17 bits per heavy atom. The van der Waals surface area contributed by atoms with Gasteiger partial charge < -0.3 is 20.5 Å². The Morgan fingerprint density at radius 3 is 2.54 bits per heavy atom. The molecule has 0 spiro atoms. The minimum Gasteiger partial charge on any atom is -0.494 e. The van der Waals surface area contributed by atoms with Crippen LogP contribution >= 0.6 is 12.4 Å². The van der Waals surface area contributed by atoms with E-state index >= 15 is 0 Å². The van der Waals surface area contributed by atoms with Crippen LogP contribution in [0, 0.1) is 0 Å². The highest BCUT2D eigenvalue weighted by Gasteiger charge is 2.11. The molecule has 130 valence electrons. The molecular weight excluding hydrogens is 330 g/mol. The summed E-state index contributed by atoms with van der Waals surface area (Å²) in [7, 11) is 0. The van der Waals surface area contributed by atoms with Crippen molar-refractivity contribution >= 4 is 29.7 Å². The molecule has 0 saturated carbocycles. The fourth-order valence-corrected chi connectivity index (χ4v) is 2.04. The third kappa shape index (κ3) is 5.62. The maximum Gasteiger partial charge on any atom is 0.230 e. The minimum absolute atomic E-state index is 0. The number of benzene rings is 1. The topological polar surface area (TPSA) is 86.5 Å². The number of carbonyl (C=O) groups is 1. The van der Waals surface area contributed by atoms with Crippen molar-refractivity contribution in [3.05, 3.63) is 42.2 Å². The second-order valence-corrected chi connectivity index (χ2v) is 4.83. The Labute approximate surface area is 147 Å². The van der Waals surface area contributed by atoms with Gasteiger partial charge in [0.25, 0.3) is 0 Å². The number of nitrogens with zero attached hydrogens (tertiary/aromatic N) is 1. The van der Waals surface area contributed by atoms with Gasteiger partial charge in [0.1, 0.15) is 11.5 Å². The van der Waals surface area contributed by atoms with Gasteiger partial charge in [0.2, 0.25) is 5.91 Å². The number of rotatable bonds is 7. The SMILES string of the molecule is CCOc1ccc(OCC)c(NC(=O)Cc2ccc(N)cn2)c1.Cl. The molecule has 3 N–H and O–H groups in total. The predicted molar refractivity (Wildman–Crippen MR) is 97.0 cm³/mol. The molecule has 0 unspecified atom stereocenters. The fraction of sp³-hybridized carbons (Fsp3) is 0.294. The molecule has 0 atom stereocenters. The largest absolute Gasteiger partial charge is 0.494 e. The lowest BCUT2D eigenvalue weighted by atomic mass is 10.2. The molecule has 1 amide bonds. The van der Waals surface area contributed by atoms with E-state index in [-0.39, 0.29) is 24.7 Å². The number of halogens is 1. The van der Waals surface area contributed by atoms with Crippen molar-refractivity contribution in [2.45, 2.75) is 20.3 Å². The lowest BCUT2D eigenvalue weighted by molar-refractivity contribution is -0.115. The van der Waals surface area contributed by atoms with Crippen molar-refractivity contribution in [1.82, 2.24) is 4.98 Å². The van der Waals surface area contributed by atoms with Crippen LogP contribution in [0.25, 0.3) is 0 Å². The standard InChI is InChI=1S/C17H21N3O3.ClH/c1-3-22-14-7-8-16(23-4-2)15(10-14)20-17(21)9-13-6-5-12(18)11-19-13;/h5-8,10-11H,3-4,9,18H2,1-2H3,(H,20,21);1H. The van der Waals surface area contributed by atoms with E-state index in [1.165, 1.54) is 6.20 Å². The molecule has 7 heteroatoms. The van der Waals surface area contributed by atoms with E-state index in [0.29, 0.717) is 41.8 Å². The van der Waals surface area contributed by atoms with E-state index < -0.39 is 0 Å². The molecule has 0 saturated heterocycles. The Kier molecular flexibility index (Phi) is 7.85. The van der Waals surface area contributed by atoms with Gasteiger partial charge in [-0.3, -0.25) is 9.78 Å². The summed E-state index contributed by atoms with van der Waals surface area (Å²) in [4.78, 5) is 16.3. The van der Waals surface area contributed by atoms with Crippen molar-refractivity contribution in [2.75, 3.05) is 24.3 Å². The van der Waals surface area contributed by atoms with Crippen molar-refractivity contribution in [3.8, 4) is 11.5 Å². The first-order valence-electron chi connectivity index (χ1n) is 7.52. The number of nitrogens with two attached hydrogens (primary N) is 1. The lowest BCUT2D eigenvalue weighted by Crippen LogP contribution is -2.16. The molecule has 1 aromatic heterocycles. The average Bonchev–Trinajstić information content (AvgIpc) is 2.52. The molecule has 0 radical (unpaired) electrons. The zero-order valence-corrected chi connectivity index (χ0v) is 14.6. The highest BCUT2D eigenvalue weighted by atomic mass is 35.5.